The summed E-state index contributed by atoms with van der Waals surface area (Å²) >= 11 is 4.06. The molecule has 1 aromatic rings. The number of thiol groups is 1. The van der Waals surface area contributed by atoms with Crippen molar-refractivity contribution < 1.29 is 8.78 Å². The molecule has 72 valence electrons. The average Bonchev–Trinajstić information content (AvgIpc) is 2.09. The molecule has 0 heterocycles. The molecule has 0 saturated heterocycles. The van der Waals surface area contributed by atoms with Crippen molar-refractivity contribution in [1.82, 2.24) is 0 Å². The summed E-state index contributed by atoms with van der Waals surface area (Å²) in [6.07, 6.45) is 2.51. The molecule has 1 rings (SSSR count). The first-order valence-corrected chi connectivity index (χ1v) is 4.92. The van der Waals surface area contributed by atoms with E-state index in [1.165, 1.54) is 12.1 Å². The molecule has 0 N–H and O–H groups in total. The molecular weight excluding hydrogens is 190 g/mol. The van der Waals surface area contributed by atoms with Crippen LogP contribution in [0.5, 0.6) is 0 Å². The van der Waals surface area contributed by atoms with E-state index in [2.05, 4.69) is 12.6 Å². The monoisotopic (exact) mass is 202 g/mol. The number of hydrogen-bond acceptors (Lipinski definition) is 1. The maximum absolute atomic E-state index is 13.0. The van der Waals surface area contributed by atoms with Crippen LogP contribution in [0.15, 0.2) is 18.2 Å². The smallest absolute Gasteiger partial charge is 0.129 e. The molecule has 0 atom stereocenters. The van der Waals surface area contributed by atoms with Gasteiger partial charge in [0.15, 0.2) is 0 Å². The number of hydrogen-bond donors (Lipinski definition) is 1. The third-order valence-electron chi connectivity index (χ3n) is 1.87. The van der Waals surface area contributed by atoms with Gasteiger partial charge in [0, 0.05) is 6.07 Å². The lowest BCUT2D eigenvalue weighted by molar-refractivity contribution is 0.569. The molecule has 0 aliphatic heterocycles. The fourth-order valence-electron chi connectivity index (χ4n) is 1.15. The summed E-state index contributed by atoms with van der Waals surface area (Å²) in [6, 6.07) is 3.72. The van der Waals surface area contributed by atoms with Gasteiger partial charge in [0.1, 0.15) is 11.6 Å². The van der Waals surface area contributed by atoms with Crippen LogP contribution >= 0.6 is 12.6 Å². The number of unbranched alkanes of at least 4 members (excludes halogenated alkanes) is 1. The van der Waals surface area contributed by atoms with Crippen molar-refractivity contribution >= 4 is 12.6 Å². The van der Waals surface area contributed by atoms with Gasteiger partial charge in [-0.2, -0.15) is 12.6 Å². The maximum Gasteiger partial charge on any atom is 0.129 e. The molecule has 0 aromatic heterocycles. The van der Waals surface area contributed by atoms with E-state index in [9.17, 15) is 8.78 Å². The maximum atomic E-state index is 13.0. The summed E-state index contributed by atoms with van der Waals surface area (Å²) in [4.78, 5) is 0. The second-order valence-corrected chi connectivity index (χ2v) is 3.36. The van der Waals surface area contributed by atoms with Gasteiger partial charge in [-0.1, -0.05) is 6.07 Å². The van der Waals surface area contributed by atoms with Crippen molar-refractivity contribution in [2.75, 3.05) is 5.75 Å². The first-order valence-electron chi connectivity index (χ1n) is 4.29. The highest BCUT2D eigenvalue weighted by Crippen LogP contribution is 2.12. The summed E-state index contributed by atoms with van der Waals surface area (Å²) in [5, 5.41) is 0. The van der Waals surface area contributed by atoms with Crippen LogP contribution in [0, 0.1) is 11.6 Å². The molecule has 13 heavy (non-hydrogen) atoms. The fourth-order valence-corrected chi connectivity index (χ4v) is 1.38. The van der Waals surface area contributed by atoms with Crippen LogP contribution in [0.4, 0.5) is 8.78 Å². The minimum atomic E-state index is -0.518. The highest BCUT2D eigenvalue weighted by molar-refractivity contribution is 7.80. The molecule has 3 heteroatoms. The molecule has 0 aliphatic rings. The molecule has 0 radical (unpaired) electrons. The molecule has 1 aromatic carbocycles. The Morgan fingerprint density at radius 2 is 1.92 bits per heavy atom. The zero-order valence-corrected chi connectivity index (χ0v) is 8.16. The molecule has 0 aliphatic carbocycles. The highest BCUT2D eigenvalue weighted by atomic mass is 32.1. The van der Waals surface area contributed by atoms with Crippen molar-refractivity contribution in [1.29, 1.82) is 0 Å². The zero-order valence-electron chi connectivity index (χ0n) is 7.26. The van der Waals surface area contributed by atoms with Gasteiger partial charge in [0.25, 0.3) is 0 Å². The number of rotatable bonds is 4. The van der Waals surface area contributed by atoms with Crippen LogP contribution in [-0.4, -0.2) is 5.75 Å². The van der Waals surface area contributed by atoms with E-state index in [0.717, 1.165) is 24.7 Å². The Hall–Kier alpha value is -0.570. The van der Waals surface area contributed by atoms with Crippen LogP contribution in [0.2, 0.25) is 0 Å². The highest BCUT2D eigenvalue weighted by Gasteiger charge is 2.02. The van der Waals surface area contributed by atoms with Crippen molar-refractivity contribution in [3.05, 3.63) is 35.4 Å². The van der Waals surface area contributed by atoms with Gasteiger partial charge in [0.05, 0.1) is 0 Å². The van der Waals surface area contributed by atoms with E-state index in [-0.39, 0.29) is 0 Å². The fraction of sp³-hybridized carbons (Fsp3) is 0.400. The van der Waals surface area contributed by atoms with Crippen LogP contribution < -0.4 is 0 Å². The number of halogens is 2. The second-order valence-electron chi connectivity index (χ2n) is 2.92. The van der Waals surface area contributed by atoms with Gasteiger partial charge in [0.2, 0.25) is 0 Å². The van der Waals surface area contributed by atoms with Crippen LogP contribution in [-0.2, 0) is 6.42 Å². The summed E-state index contributed by atoms with van der Waals surface area (Å²) in [7, 11) is 0. The molecule has 0 fully saturated rings. The lowest BCUT2D eigenvalue weighted by Gasteiger charge is -2.01. The number of aryl methyl sites for hydroxylation is 1. The van der Waals surface area contributed by atoms with E-state index >= 15 is 0 Å². The van der Waals surface area contributed by atoms with Crippen LogP contribution in [0.1, 0.15) is 18.4 Å². The van der Waals surface area contributed by atoms with E-state index in [1.54, 1.807) is 0 Å². The molecular formula is C10H12F2S. The van der Waals surface area contributed by atoms with Gasteiger partial charge < -0.3 is 0 Å². The van der Waals surface area contributed by atoms with Gasteiger partial charge in [-0.25, -0.2) is 8.78 Å². The molecule has 0 saturated carbocycles. The Kier molecular flexibility index (Phi) is 4.22. The minimum absolute atomic E-state index is 0.445. The Bertz CT molecular complexity index is 274. The van der Waals surface area contributed by atoms with Gasteiger partial charge in [-0.15, -0.1) is 0 Å². The lowest BCUT2D eigenvalue weighted by atomic mass is 10.1. The molecule has 0 bridgehead atoms. The first-order chi connectivity index (χ1) is 6.24. The second kappa shape index (κ2) is 5.22. The Labute approximate surface area is 82.4 Å². The lowest BCUT2D eigenvalue weighted by Crippen LogP contribution is -1.92. The predicted octanol–water partition coefficient (Wildman–Crippen LogP) is 3.22. The third-order valence-corrected chi connectivity index (χ3v) is 2.19. The van der Waals surface area contributed by atoms with Crippen LogP contribution in [0.25, 0.3) is 0 Å². The average molecular weight is 202 g/mol. The predicted molar refractivity (Wildman–Crippen MR) is 53.1 cm³/mol. The van der Waals surface area contributed by atoms with Gasteiger partial charge in [-0.3, -0.25) is 0 Å². The summed E-state index contributed by atoms with van der Waals surface area (Å²) in [5.74, 6) is -0.155. The Balaban J connectivity index is 2.56. The zero-order chi connectivity index (χ0) is 9.68. The Morgan fingerprint density at radius 1 is 1.15 bits per heavy atom. The SMILES string of the molecule is Fc1ccc(CCCCS)c(F)c1. The number of benzene rings is 1. The Morgan fingerprint density at radius 3 is 2.54 bits per heavy atom. The molecule has 0 unspecified atom stereocenters. The summed E-state index contributed by atoms with van der Waals surface area (Å²) in [6.45, 7) is 0. The van der Waals surface area contributed by atoms with E-state index in [4.69, 9.17) is 0 Å². The first kappa shape index (κ1) is 10.5. The van der Waals surface area contributed by atoms with E-state index in [1.807, 2.05) is 0 Å². The minimum Gasteiger partial charge on any atom is -0.207 e. The molecule has 0 spiro atoms. The quantitative estimate of drug-likeness (QED) is 0.562. The molecule has 0 nitrogen and oxygen atoms in total. The standard InChI is InChI=1S/C10H12F2S/c11-9-5-4-8(10(12)7-9)3-1-2-6-13/h4-5,7,13H,1-3,6H2. The summed E-state index contributed by atoms with van der Waals surface area (Å²) < 4.78 is 25.5. The van der Waals surface area contributed by atoms with Crippen molar-refractivity contribution in [2.24, 2.45) is 0 Å². The van der Waals surface area contributed by atoms with E-state index in [0.29, 0.717) is 12.0 Å². The van der Waals surface area contributed by atoms with Crippen LogP contribution in [0.3, 0.4) is 0 Å². The molecule has 0 amide bonds. The van der Waals surface area contributed by atoms with Crippen molar-refractivity contribution in [2.45, 2.75) is 19.3 Å². The van der Waals surface area contributed by atoms with Crippen molar-refractivity contribution in [3.8, 4) is 0 Å². The van der Waals surface area contributed by atoms with E-state index < -0.39 is 11.6 Å². The normalized spacial score (nSPS) is 10.4. The van der Waals surface area contributed by atoms with Crippen molar-refractivity contribution in [3.63, 3.8) is 0 Å². The van der Waals surface area contributed by atoms with Gasteiger partial charge in [-0.05, 0) is 36.6 Å². The summed E-state index contributed by atoms with van der Waals surface area (Å²) in [5.41, 5.74) is 0.586. The third kappa shape index (κ3) is 3.35. The topological polar surface area (TPSA) is 0 Å². The van der Waals surface area contributed by atoms with Gasteiger partial charge >= 0.3 is 0 Å². The largest absolute Gasteiger partial charge is 0.207 e.